The largest absolute Gasteiger partial charge is 0.392 e. The zero-order valence-corrected chi connectivity index (χ0v) is 13.4. The molecule has 1 aromatic heterocycles. The minimum Gasteiger partial charge on any atom is -0.392 e. The van der Waals surface area contributed by atoms with Gasteiger partial charge in [0.1, 0.15) is 0 Å². The monoisotopic (exact) mass is 306 g/mol. The molecule has 6 nitrogen and oxygen atoms in total. The lowest BCUT2D eigenvalue weighted by Crippen LogP contribution is -2.43. The highest BCUT2D eigenvalue weighted by molar-refractivity contribution is 5.93. The van der Waals surface area contributed by atoms with Crippen molar-refractivity contribution in [1.82, 2.24) is 20.4 Å². The normalized spacial score (nSPS) is 35.0. The first-order chi connectivity index (χ1) is 10.5. The summed E-state index contributed by atoms with van der Waals surface area (Å²) in [5.74, 6) is -0.0901. The van der Waals surface area contributed by atoms with Gasteiger partial charge in [-0.2, -0.15) is 5.10 Å². The molecular weight excluding hydrogens is 280 g/mol. The van der Waals surface area contributed by atoms with Crippen LogP contribution in [0.3, 0.4) is 0 Å². The molecule has 2 heterocycles. The lowest BCUT2D eigenvalue weighted by atomic mass is 9.75. The molecule has 3 rings (SSSR count). The molecule has 1 aliphatic carbocycles. The molecule has 0 bridgehead atoms. The summed E-state index contributed by atoms with van der Waals surface area (Å²) in [4.78, 5) is 12.1. The van der Waals surface area contributed by atoms with Gasteiger partial charge in [0.05, 0.1) is 17.9 Å². The molecule has 0 spiro atoms. The van der Waals surface area contributed by atoms with Crippen LogP contribution in [-0.2, 0) is 7.05 Å². The number of fused-ring (bicyclic) bond motifs is 1. The van der Waals surface area contributed by atoms with E-state index in [1.54, 1.807) is 24.1 Å². The third-order valence-electron chi connectivity index (χ3n) is 5.38. The van der Waals surface area contributed by atoms with E-state index in [-0.39, 0.29) is 23.5 Å². The number of nitrogens with zero attached hydrogens (tertiary/aromatic N) is 2. The Morgan fingerprint density at radius 2 is 2.32 bits per heavy atom. The third kappa shape index (κ3) is 2.90. The maximum absolute atomic E-state index is 12.1. The third-order valence-corrected chi connectivity index (χ3v) is 5.38. The number of carbonyl (C=O) groups excluding carboxylic acids is 1. The van der Waals surface area contributed by atoms with E-state index < -0.39 is 0 Å². The van der Waals surface area contributed by atoms with Crippen LogP contribution in [0, 0.1) is 5.41 Å². The van der Waals surface area contributed by atoms with Crippen molar-refractivity contribution in [2.75, 3.05) is 6.54 Å². The van der Waals surface area contributed by atoms with Gasteiger partial charge in [0.2, 0.25) is 0 Å². The molecular formula is C16H26N4O2. The highest BCUT2D eigenvalue weighted by atomic mass is 16.3. The van der Waals surface area contributed by atoms with Gasteiger partial charge in [0, 0.05) is 37.3 Å². The minimum absolute atomic E-state index is 0.0692. The van der Waals surface area contributed by atoms with Gasteiger partial charge in [-0.15, -0.1) is 0 Å². The summed E-state index contributed by atoms with van der Waals surface area (Å²) in [6, 6.07) is 0.577. The fraction of sp³-hybridized carbons (Fsp3) is 0.750. The number of nitrogens with one attached hydrogen (secondary N) is 2. The molecule has 3 N–H and O–H groups in total. The number of aliphatic hydroxyl groups is 1. The zero-order valence-electron chi connectivity index (χ0n) is 13.4. The summed E-state index contributed by atoms with van der Waals surface area (Å²) in [5, 5.41) is 21.1. The van der Waals surface area contributed by atoms with Gasteiger partial charge in [0.15, 0.2) is 0 Å². The van der Waals surface area contributed by atoms with Crippen molar-refractivity contribution in [1.29, 1.82) is 0 Å². The Balaban J connectivity index is 1.57. The van der Waals surface area contributed by atoms with Gasteiger partial charge >= 0.3 is 0 Å². The average Bonchev–Trinajstić information content (AvgIpc) is 3.02. The van der Waals surface area contributed by atoms with E-state index in [1.165, 1.54) is 6.42 Å². The topological polar surface area (TPSA) is 79.2 Å². The Morgan fingerprint density at radius 1 is 1.55 bits per heavy atom. The Bertz CT molecular complexity index is 544. The average molecular weight is 306 g/mol. The molecule has 1 aliphatic heterocycles. The number of aryl methyl sites for hydroxylation is 1. The van der Waals surface area contributed by atoms with E-state index in [9.17, 15) is 9.90 Å². The summed E-state index contributed by atoms with van der Waals surface area (Å²) >= 11 is 0. The standard InChI is InChI=1S/C16H26N4O2/c1-16-7-12(19-13(16)5-3-4-6-14(16)21)9-17-15(22)11-8-18-20(2)10-11/h8,10,12-14,19,21H,3-7,9H2,1-2H3,(H,17,22)/t12-,13-,14+,16-/m1/s1. The number of hydrogen-bond donors (Lipinski definition) is 3. The number of carbonyl (C=O) groups is 1. The first-order valence-electron chi connectivity index (χ1n) is 8.20. The predicted molar refractivity (Wildman–Crippen MR) is 83.5 cm³/mol. The van der Waals surface area contributed by atoms with Crippen molar-refractivity contribution >= 4 is 5.91 Å². The van der Waals surface area contributed by atoms with Crippen LogP contribution in [0.15, 0.2) is 12.4 Å². The van der Waals surface area contributed by atoms with E-state index in [1.807, 2.05) is 0 Å². The van der Waals surface area contributed by atoms with Crippen molar-refractivity contribution in [3.05, 3.63) is 18.0 Å². The summed E-state index contributed by atoms with van der Waals surface area (Å²) in [6.07, 6.45) is 8.23. The fourth-order valence-electron chi connectivity index (χ4n) is 3.99. The highest BCUT2D eigenvalue weighted by Gasteiger charge is 2.48. The number of amides is 1. The number of aliphatic hydroxyl groups excluding tert-OH is 1. The van der Waals surface area contributed by atoms with Crippen molar-refractivity contribution in [2.45, 2.75) is 57.2 Å². The molecule has 0 radical (unpaired) electrons. The predicted octanol–water partition coefficient (Wildman–Crippen LogP) is 0.822. The van der Waals surface area contributed by atoms with Gasteiger partial charge in [-0.3, -0.25) is 9.48 Å². The second-order valence-electron chi connectivity index (χ2n) is 7.04. The lowest BCUT2D eigenvalue weighted by Gasteiger charge is -2.33. The van der Waals surface area contributed by atoms with Crippen molar-refractivity contribution in [3.63, 3.8) is 0 Å². The molecule has 2 fully saturated rings. The summed E-state index contributed by atoms with van der Waals surface area (Å²) in [6.45, 7) is 2.77. The Kier molecular flexibility index (Phi) is 4.23. The van der Waals surface area contributed by atoms with Crippen LogP contribution in [0.4, 0.5) is 0 Å². The first-order valence-corrected chi connectivity index (χ1v) is 8.20. The Morgan fingerprint density at radius 3 is 3.05 bits per heavy atom. The molecule has 122 valence electrons. The van der Waals surface area contributed by atoms with Crippen LogP contribution >= 0.6 is 0 Å². The quantitative estimate of drug-likeness (QED) is 0.772. The molecule has 1 aromatic rings. The first kappa shape index (κ1) is 15.5. The molecule has 2 aliphatic rings. The van der Waals surface area contributed by atoms with E-state index in [2.05, 4.69) is 22.7 Å². The molecule has 1 saturated carbocycles. The maximum atomic E-state index is 12.1. The van der Waals surface area contributed by atoms with E-state index in [0.29, 0.717) is 18.2 Å². The van der Waals surface area contributed by atoms with Crippen LogP contribution in [0.2, 0.25) is 0 Å². The summed E-state index contributed by atoms with van der Waals surface area (Å²) in [7, 11) is 1.80. The van der Waals surface area contributed by atoms with E-state index >= 15 is 0 Å². The fourth-order valence-corrected chi connectivity index (χ4v) is 3.99. The van der Waals surface area contributed by atoms with Gasteiger partial charge in [-0.05, 0) is 19.3 Å². The second kappa shape index (κ2) is 6.01. The van der Waals surface area contributed by atoms with Crippen LogP contribution in [-0.4, -0.2) is 45.5 Å². The summed E-state index contributed by atoms with van der Waals surface area (Å²) < 4.78 is 1.62. The smallest absolute Gasteiger partial charge is 0.254 e. The Labute approximate surface area is 131 Å². The van der Waals surface area contributed by atoms with Crippen LogP contribution in [0.25, 0.3) is 0 Å². The SMILES string of the molecule is Cn1cc(C(=O)NC[C@H]2C[C@@]3(C)[C@@H](O)CCCC[C@H]3N2)cn1. The van der Waals surface area contributed by atoms with Crippen molar-refractivity contribution < 1.29 is 9.90 Å². The molecule has 4 atom stereocenters. The minimum atomic E-state index is -0.244. The molecule has 22 heavy (non-hydrogen) atoms. The van der Waals surface area contributed by atoms with Crippen LogP contribution < -0.4 is 10.6 Å². The second-order valence-corrected chi connectivity index (χ2v) is 7.04. The van der Waals surface area contributed by atoms with Gasteiger partial charge in [-0.1, -0.05) is 19.8 Å². The zero-order chi connectivity index (χ0) is 15.7. The lowest BCUT2D eigenvalue weighted by molar-refractivity contribution is 0.0281. The molecule has 1 saturated heterocycles. The van der Waals surface area contributed by atoms with E-state index in [4.69, 9.17) is 0 Å². The van der Waals surface area contributed by atoms with Crippen LogP contribution in [0.5, 0.6) is 0 Å². The maximum Gasteiger partial charge on any atom is 0.254 e. The number of aromatic nitrogens is 2. The number of rotatable bonds is 3. The van der Waals surface area contributed by atoms with Crippen LogP contribution in [0.1, 0.15) is 49.4 Å². The summed E-state index contributed by atoms with van der Waals surface area (Å²) in [5.41, 5.74) is 0.515. The highest BCUT2D eigenvalue weighted by Crippen LogP contribution is 2.43. The number of hydrogen-bond acceptors (Lipinski definition) is 4. The molecule has 0 unspecified atom stereocenters. The van der Waals surface area contributed by atoms with Gasteiger partial charge < -0.3 is 15.7 Å². The molecule has 1 amide bonds. The molecule has 0 aromatic carbocycles. The van der Waals surface area contributed by atoms with Crippen molar-refractivity contribution in [3.8, 4) is 0 Å². The Hall–Kier alpha value is -1.40. The van der Waals surface area contributed by atoms with E-state index in [0.717, 1.165) is 25.7 Å². The van der Waals surface area contributed by atoms with Crippen molar-refractivity contribution in [2.24, 2.45) is 12.5 Å². The van der Waals surface area contributed by atoms with Gasteiger partial charge in [-0.25, -0.2) is 0 Å². The van der Waals surface area contributed by atoms with Gasteiger partial charge in [0.25, 0.3) is 5.91 Å². The molecule has 6 heteroatoms.